The van der Waals surface area contributed by atoms with Crippen LogP contribution in [0.15, 0.2) is 42.5 Å². The number of benzene rings is 2. The molecule has 4 nitrogen and oxygen atoms in total. The van der Waals surface area contributed by atoms with Gasteiger partial charge in [0, 0.05) is 13.1 Å². The van der Waals surface area contributed by atoms with Crippen LogP contribution in [0.4, 0.5) is 4.79 Å². The number of carbonyl (C=O) groups excluding carboxylic acids is 1. The first-order chi connectivity index (χ1) is 9.78. The van der Waals surface area contributed by atoms with E-state index in [2.05, 4.69) is 41.7 Å². The zero-order chi connectivity index (χ0) is 13.9. The third-order valence-electron chi connectivity index (χ3n) is 3.66. The Hall–Kier alpha value is -2.54. The molecule has 0 aliphatic carbocycles. The highest BCUT2D eigenvalue weighted by molar-refractivity contribution is 5.84. The summed E-state index contributed by atoms with van der Waals surface area (Å²) in [5, 5.41) is 13.9. The fraction of sp³-hybridized carbons (Fsp3) is 0.250. The molecule has 20 heavy (non-hydrogen) atoms. The molecule has 2 aromatic carbocycles. The normalized spacial score (nSPS) is 18.1. The van der Waals surface area contributed by atoms with Crippen molar-refractivity contribution in [2.45, 2.75) is 12.5 Å². The van der Waals surface area contributed by atoms with E-state index in [0.717, 1.165) is 5.56 Å². The molecule has 0 saturated carbocycles. The van der Waals surface area contributed by atoms with Crippen LogP contribution < -0.4 is 5.32 Å². The molecule has 0 aromatic heterocycles. The molecule has 1 saturated heterocycles. The molecule has 2 aromatic rings. The van der Waals surface area contributed by atoms with Crippen LogP contribution in [0.1, 0.15) is 18.0 Å². The van der Waals surface area contributed by atoms with E-state index in [4.69, 9.17) is 5.26 Å². The van der Waals surface area contributed by atoms with Crippen molar-refractivity contribution in [1.29, 1.82) is 5.26 Å². The third-order valence-corrected chi connectivity index (χ3v) is 3.66. The maximum Gasteiger partial charge on any atom is 0.318 e. The number of hydrogen-bond acceptors (Lipinski definition) is 2. The van der Waals surface area contributed by atoms with Crippen LogP contribution in [0.25, 0.3) is 10.8 Å². The van der Waals surface area contributed by atoms with Crippen molar-refractivity contribution < 1.29 is 4.79 Å². The minimum absolute atomic E-state index is 0.00537. The molecule has 1 aliphatic rings. The van der Waals surface area contributed by atoms with E-state index in [0.29, 0.717) is 19.5 Å². The van der Waals surface area contributed by atoms with Crippen LogP contribution in [0.5, 0.6) is 0 Å². The summed E-state index contributed by atoms with van der Waals surface area (Å²) in [5.74, 6) is 0. The van der Waals surface area contributed by atoms with Crippen LogP contribution in [0, 0.1) is 11.3 Å². The summed E-state index contributed by atoms with van der Waals surface area (Å²) in [5.41, 5.74) is 1.11. The Balaban J connectivity index is 1.82. The maximum absolute atomic E-state index is 11.8. The summed E-state index contributed by atoms with van der Waals surface area (Å²) in [4.78, 5) is 13.5. The largest absolute Gasteiger partial charge is 0.329 e. The van der Waals surface area contributed by atoms with Crippen molar-refractivity contribution >= 4 is 16.8 Å². The fourth-order valence-corrected chi connectivity index (χ4v) is 2.58. The van der Waals surface area contributed by atoms with Gasteiger partial charge in [0.05, 0.1) is 18.5 Å². The first kappa shape index (κ1) is 12.5. The van der Waals surface area contributed by atoms with E-state index in [1.165, 1.54) is 10.8 Å². The predicted octanol–water partition coefficient (Wildman–Crippen LogP) is 2.82. The molecule has 3 rings (SSSR count). The number of nitrogens with one attached hydrogen (secondary N) is 1. The van der Waals surface area contributed by atoms with Crippen molar-refractivity contribution in [2.75, 3.05) is 13.1 Å². The number of amides is 2. The Morgan fingerprint density at radius 3 is 2.85 bits per heavy atom. The van der Waals surface area contributed by atoms with E-state index in [1.807, 2.05) is 12.1 Å². The van der Waals surface area contributed by atoms with Gasteiger partial charge in [0.25, 0.3) is 0 Å². The van der Waals surface area contributed by atoms with Crippen LogP contribution in [-0.4, -0.2) is 24.0 Å². The van der Waals surface area contributed by atoms with Crippen molar-refractivity contribution in [2.24, 2.45) is 0 Å². The van der Waals surface area contributed by atoms with E-state index in [1.54, 1.807) is 4.90 Å². The molecule has 100 valence electrons. The van der Waals surface area contributed by atoms with E-state index >= 15 is 0 Å². The number of hydrogen-bond donors (Lipinski definition) is 1. The van der Waals surface area contributed by atoms with Crippen LogP contribution in [0.2, 0.25) is 0 Å². The first-order valence-corrected chi connectivity index (χ1v) is 6.69. The van der Waals surface area contributed by atoms with Gasteiger partial charge in [-0.1, -0.05) is 36.4 Å². The molecule has 1 atom stereocenters. The van der Waals surface area contributed by atoms with Crippen molar-refractivity contribution in [1.82, 2.24) is 10.2 Å². The summed E-state index contributed by atoms with van der Waals surface area (Å²) in [6, 6.07) is 16.4. The van der Waals surface area contributed by atoms with Gasteiger partial charge in [-0.2, -0.15) is 5.26 Å². The van der Waals surface area contributed by atoms with Gasteiger partial charge in [0.2, 0.25) is 0 Å². The highest BCUT2D eigenvalue weighted by Crippen LogP contribution is 2.24. The van der Waals surface area contributed by atoms with Crippen molar-refractivity contribution in [3.8, 4) is 6.07 Å². The Labute approximate surface area is 117 Å². The molecule has 2 amide bonds. The van der Waals surface area contributed by atoms with Crippen LogP contribution in [-0.2, 0) is 0 Å². The lowest BCUT2D eigenvalue weighted by Gasteiger charge is -2.13. The molecule has 0 bridgehead atoms. The topological polar surface area (TPSA) is 56.1 Å². The average molecular weight is 265 g/mol. The Bertz CT molecular complexity index is 689. The number of rotatable bonds is 3. The zero-order valence-electron chi connectivity index (χ0n) is 11.0. The minimum Gasteiger partial charge on any atom is -0.329 e. The van der Waals surface area contributed by atoms with Gasteiger partial charge >= 0.3 is 6.03 Å². The number of carbonyl (C=O) groups is 1. The fourth-order valence-electron chi connectivity index (χ4n) is 2.58. The molecule has 1 aliphatic heterocycles. The smallest absolute Gasteiger partial charge is 0.318 e. The monoisotopic (exact) mass is 265 g/mol. The lowest BCUT2D eigenvalue weighted by molar-refractivity contribution is 0.218. The third kappa shape index (κ3) is 2.30. The van der Waals surface area contributed by atoms with Crippen LogP contribution in [0.3, 0.4) is 0 Å². The summed E-state index contributed by atoms with van der Waals surface area (Å²) in [6.45, 7) is 1.12. The summed E-state index contributed by atoms with van der Waals surface area (Å²) in [6.07, 6.45) is 0.373. The maximum atomic E-state index is 11.8. The van der Waals surface area contributed by atoms with Gasteiger partial charge in [0.15, 0.2) is 0 Å². The standard InChI is InChI=1S/C16H15N3O/c17-8-3-9-19-11-15(18-16(19)20)14-7-6-12-4-1-2-5-13(12)10-14/h1-2,4-7,10,15H,3,9,11H2,(H,18,20). The van der Waals surface area contributed by atoms with Gasteiger partial charge in [-0.05, 0) is 22.4 Å². The Morgan fingerprint density at radius 2 is 2.05 bits per heavy atom. The molecule has 0 radical (unpaired) electrons. The second-order valence-corrected chi connectivity index (χ2v) is 4.96. The SMILES string of the molecule is N#CCCN1CC(c2ccc3ccccc3c2)NC1=O. The summed E-state index contributed by atoms with van der Waals surface area (Å²) < 4.78 is 0. The number of nitriles is 1. The highest BCUT2D eigenvalue weighted by Gasteiger charge is 2.29. The second kappa shape index (κ2) is 5.22. The van der Waals surface area contributed by atoms with Gasteiger partial charge in [-0.3, -0.25) is 0 Å². The molecule has 0 spiro atoms. The lowest BCUT2D eigenvalue weighted by Crippen LogP contribution is -2.28. The Kier molecular flexibility index (Phi) is 3.26. The molecular weight excluding hydrogens is 250 g/mol. The van der Waals surface area contributed by atoms with E-state index in [9.17, 15) is 4.79 Å². The number of fused-ring (bicyclic) bond motifs is 1. The zero-order valence-corrected chi connectivity index (χ0v) is 11.0. The molecule has 1 heterocycles. The first-order valence-electron chi connectivity index (χ1n) is 6.69. The predicted molar refractivity (Wildman–Crippen MR) is 77.0 cm³/mol. The highest BCUT2D eigenvalue weighted by atomic mass is 16.2. The molecular formula is C16H15N3O. The van der Waals surface area contributed by atoms with Gasteiger partial charge < -0.3 is 10.2 Å². The average Bonchev–Trinajstić information content (AvgIpc) is 2.86. The van der Waals surface area contributed by atoms with Crippen molar-refractivity contribution in [3.05, 3.63) is 48.0 Å². The lowest BCUT2D eigenvalue weighted by atomic mass is 10.0. The van der Waals surface area contributed by atoms with Gasteiger partial charge in [-0.15, -0.1) is 0 Å². The number of nitrogens with zero attached hydrogens (tertiary/aromatic N) is 2. The molecule has 1 N–H and O–H groups in total. The minimum atomic E-state index is -0.0848. The quantitative estimate of drug-likeness (QED) is 0.927. The van der Waals surface area contributed by atoms with Crippen LogP contribution >= 0.6 is 0 Å². The Morgan fingerprint density at radius 1 is 1.25 bits per heavy atom. The molecule has 1 unspecified atom stereocenters. The summed E-state index contributed by atoms with van der Waals surface area (Å²) in [7, 11) is 0. The molecule has 1 fully saturated rings. The second-order valence-electron chi connectivity index (χ2n) is 4.96. The van der Waals surface area contributed by atoms with Crippen molar-refractivity contribution in [3.63, 3.8) is 0 Å². The van der Waals surface area contributed by atoms with Gasteiger partial charge in [-0.25, -0.2) is 4.79 Å². The number of urea groups is 1. The van der Waals surface area contributed by atoms with E-state index in [-0.39, 0.29) is 12.1 Å². The van der Waals surface area contributed by atoms with Gasteiger partial charge in [0.1, 0.15) is 0 Å². The summed E-state index contributed by atoms with van der Waals surface area (Å²) >= 11 is 0. The van der Waals surface area contributed by atoms with E-state index < -0.39 is 0 Å². The molecule has 4 heteroatoms.